The van der Waals surface area contributed by atoms with E-state index in [-0.39, 0.29) is 17.7 Å². The highest BCUT2D eigenvalue weighted by atomic mass is 16.5. The molecule has 3 rings (SSSR count). The number of methoxy groups -OCH3 is 1. The Bertz CT molecular complexity index is 1310. The number of benzene rings is 2. The van der Waals surface area contributed by atoms with Gasteiger partial charge in [0.1, 0.15) is 5.75 Å². The number of hydrogen-bond acceptors (Lipinski definition) is 4. The Balaban J connectivity index is 1.66. The second-order valence-corrected chi connectivity index (χ2v) is 11.1. The first-order valence-electron chi connectivity index (χ1n) is 15.7. The van der Waals surface area contributed by atoms with Gasteiger partial charge in [0.2, 0.25) is 11.8 Å². The maximum absolute atomic E-state index is 13.6. The summed E-state index contributed by atoms with van der Waals surface area (Å²) in [4.78, 5) is 43.1. The van der Waals surface area contributed by atoms with Crippen molar-refractivity contribution in [1.29, 1.82) is 0 Å². The van der Waals surface area contributed by atoms with Crippen molar-refractivity contribution in [2.45, 2.75) is 91.9 Å². The van der Waals surface area contributed by atoms with E-state index in [4.69, 9.17) is 4.74 Å². The number of rotatable bonds is 17. The molecule has 0 radical (unpaired) electrons. The number of carbonyl (C=O) groups is 3. The van der Waals surface area contributed by atoms with Crippen molar-refractivity contribution < 1.29 is 19.1 Å². The lowest BCUT2D eigenvalue weighted by atomic mass is 10.1. The van der Waals surface area contributed by atoms with E-state index in [0.29, 0.717) is 24.3 Å². The average Bonchev–Trinajstić information content (AvgIpc) is 3.28. The summed E-state index contributed by atoms with van der Waals surface area (Å²) in [5, 5.41) is 0.820. The Hall–Kier alpha value is -3.61. The van der Waals surface area contributed by atoms with E-state index in [1.807, 2.05) is 48.2 Å². The summed E-state index contributed by atoms with van der Waals surface area (Å²) in [5.74, 6) is 0.772. The van der Waals surface area contributed by atoms with Gasteiger partial charge in [-0.05, 0) is 62.9 Å². The molecule has 0 aliphatic carbocycles. The molecular weight excluding hydrogens is 526 g/mol. The molecule has 42 heavy (non-hydrogen) atoms. The van der Waals surface area contributed by atoms with Crippen LogP contribution in [0.3, 0.4) is 0 Å². The van der Waals surface area contributed by atoms with Gasteiger partial charge >= 0.3 is 0 Å². The van der Waals surface area contributed by atoms with Gasteiger partial charge in [-0.3, -0.25) is 19.0 Å². The van der Waals surface area contributed by atoms with Crippen molar-refractivity contribution in [2.75, 3.05) is 31.6 Å². The maximum Gasteiger partial charge on any atom is 0.262 e. The van der Waals surface area contributed by atoms with E-state index < -0.39 is 0 Å². The molecule has 228 valence electrons. The first-order chi connectivity index (χ1) is 20.3. The Morgan fingerprint density at radius 3 is 2.07 bits per heavy atom. The number of aromatic nitrogens is 1. The Morgan fingerprint density at radius 2 is 1.45 bits per heavy atom. The van der Waals surface area contributed by atoms with Crippen LogP contribution in [0, 0.1) is 6.92 Å². The van der Waals surface area contributed by atoms with Crippen LogP contribution in [0.5, 0.6) is 5.75 Å². The van der Waals surface area contributed by atoms with E-state index in [9.17, 15) is 14.4 Å². The van der Waals surface area contributed by atoms with Crippen LogP contribution in [0.15, 0.2) is 48.5 Å². The number of unbranched alkanes of at least 4 members (excludes halogenated alkanes) is 6. The van der Waals surface area contributed by atoms with Crippen molar-refractivity contribution in [3.8, 4) is 5.75 Å². The molecule has 7 nitrogen and oxygen atoms in total. The quantitative estimate of drug-likeness (QED) is 0.154. The van der Waals surface area contributed by atoms with Crippen LogP contribution in [0.1, 0.15) is 101 Å². The maximum atomic E-state index is 13.6. The van der Waals surface area contributed by atoms with Gasteiger partial charge in [-0.1, -0.05) is 64.2 Å². The van der Waals surface area contributed by atoms with Crippen LogP contribution in [-0.4, -0.2) is 53.9 Å². The molecule has 0 fully saturated rings. The standard InChI is InChI=1S/C35H49N3O4/c1-6-8-23-36(24-9-7-2)33(40)20-16-11-10-12-17-25-37(28(4)39)34-27(3)38(35(41)29-18-14-13-15-19-29)32-22-21-30(42-5)26-31(32)34/h13-15,18-19,21-22,26H,6-12,16-17,20,23-25H2,1-5H3. The van der Waals surface area contributed by atoms with Crippen molar-refractivity contribution >= 4 is 34.3 Å². The number of ether oxygens (including phenoxy) is 1. The van der Waals surface area contributed by atoms with Gasteiger partial charge in [0.25, 0.3) is 5.91 Å². The largest absolute Gasteiger partial charge is 0.497 e. The molecule has 2 aromatic carbocycles. The van der Waals surface area contributed by atoms with Crippen LogP contribution < -0.4 is 9.64 Å². The highest BCUT2D eigenvalue weighted by Crippen LogP contribution is 2.37. The molecule has 0 bridgehead atoms. The molecule has 0 aliphatic heterocycles. The first kappa shape index (κ1) is 32.9. The van der Waals surface area contributed by atoms with Gasteiger partial charge in [-0.25, -0.2) is 0 Å². The van der Waals surface area contributed by atoms with Crippen molar-refractivity contribution in [2.24, 2.45) is 0 Å². The smallest absolute Gasteiger partial charge is 0.262 e. The van der Waals surface area contributed by atoms with E-state index in [0.717, 1.165) is 93.2 Å². The van der Waals surface area contributed by atoms with Crippen LogP contribution in [0.4, 0.5) is 5.69 Å². The minimum atomic E-state index is -0.129. The number of hydrogen-bond donors (Lipinski definition) is 0. The zero-order chi connectivity index (χ0) is 30.5. The zero-order valence-electron chi connectivity index (χ0n) is 26.3. The van der Waals surface area contributed by atoms with Gasteiger partial charge in [0.15, 0.2) is 0 Å². The molecule has 1 aromatic heterocycles. The number of nitrogens with zero attached hydrogens (tertiary/aromatic N) is 3. The summed E-state index contributed by atoms with van der Waals surface area (Å²) in [6.45, 7) is 10.1. The number of carbonyl (C=O) groups excluding carboxylic acids is 3. The molecule has 0 unspecified atom stereocenters. The zero-order valence-corrected chi connectivity index (χ0v) is 26.3. The van der Waals surface area contributed by atoms with Crippen LogP contribution >= 0.6 is 0 Å². The summed E-state index contributed by atoms with van der Waals surface area (Å²) >= 11 is 0. The second-order valence-electron chi connectivity index (χ2n) is 11.1. The van der Waals surface area contributed by atoms with Crippen molar-refractivity contribution in [1.82, 2.24) is 9.47 Å². The van der Waals surface area contributed by atoms with Gasteiger partial charge in [-0.2, -0.15) is 0 Å². The topological polar surface area (TPSA) is 71.9 Å². The van der Waals surface area contributed by atoms with E-state index in [1.54, 1.807) is 35.6 Å². The fraction of sp³-hybridized carbons (Fsp3) is 0.514. The third-order valence-corrected chi connectivity index (χ3v) is 7.94. The lowest BCUT2D eigenvalue weighted by Gasteiger charge is -2.23. The predicted octanol–water partition coefficient (Wildman–Crippen LogP) is 7.77. The highest BCUT2D eigenvalue weighted by Gasteiger charge is 2.25. The number of amides is 2. The second kappa shape index (κ2) is 16.7. The van der Waals surface area contributed by atoms with Crippen molar-refractivity contribution in [3.05, 3.63) is 59.8 Å². The van der Waals surface area contributed by atoms with Gasteiger partial charge in [-0.15, -0.1) is 0 Å². The number of anilines is 1. The highest BCUT2D eigenvalue weighted by molar-refractivity contribution is 6.11. The molecule has 0 spiro atoms. The SMILES string of the molecule is CCCCN(CCCC)C(=O)CCCCCCCN(C(C)=O)c1c(C)n(C(=O)c2ccccc2)c2ccc(OC)cc12. The summed E-state index contributed by atoms with van der Waals surface area (Å²) < 4.78 is 7.20. The summed E-state index contributed by atoms with van der Waals surface area (Å²) in [5.41, 5.74) is 2.83. The normalized spacial score (nSPS) is 11.1. The molecule has 0 aliphatic rings. The molecule has 1 heterocycles. The molecular formula is C35H49N3O4. The van der Waals surface area contributed by atoms with Gasteiger partial charge in [0, 0.05) is 49.6 Å². The molecule has 2 amide bonds. The van der Waals surface area contributed by atoms with Gasteiger partial charge < -0.3 is 14.5 Å². The molecule has 0 saturated carbocycles. The lowest BCUT2D eigenvalue weighted by Crippen LogP contribution is -2.32. The number of fused-ring (bicyclic) bond motifs is 1. The van der Waals surface area contributed by atoms with E-state index >= 15 is 0 Å². The average molecular weight is 576 g/mol. The fourth-order valence-electron chi connectivity index (χ4n) is 5.54. The minimum absolute atomic E-state index is 0.0584. The summed E-state index contributed by atoms with van der Waals surface area (Å²) in [6, 6.07) is 14.8. The molecule has 3 aromatic rings. The third kappa shape index (κ3) is 8.46. The Morgan fingerprint density at radius 1 is 0.810 bits per heavy atom. The predicted molar refractivity (Wildman–Crippen MR) is 172 cm³/mol. The fourth-order valence-corrected chi connectivity index (χ4v) is 5.54. The van der Waals surface area contributed by atoms with E-state index in [2.05, 4.69) is 13.8 Å². The molecule has 0 saturated heterocycles. The Labute approximate surface area is 251 Å². The van der Waals surface area contributed by atoms with E-state index in [1.165, 1.54) is 0 Å². The van der Waals surface area contributed by atoms with Crippen LogP contribution in [0.2, 0.25) is 0 Å². The molecule has 7 heteroatoms. The molecule has 0 N–H and O–H groups in total. The van der Waals surface area contributed by atoms with Crippen LogP contribution in [-0.2, 0) is 9.59 Å². The Kier molecular flexibility index (Phi) is 13.1. The lowest BCUT2D eigenvalue weighted by molar-refractivity contribution is -0.131. The van der Waals surface area contributed by atoms with Gasteiger partial charge in [0.05, 0.1) is 18.3 Å². The third-order valence-electron chi connectivity index (χ3n) is 7.94. The monoisotopic (exact) mass is 575 g/mol. The minimum Gasteiger partial charge on any atom is -0.497 e. The van der Waals surface area contributed by atoms with Crippen molar-refractivity contribution in [3.63, 3.8) is 0 Å². The first-order valence-corrected chi connectivity index (χ1v) is 15.7. The van der Waals surface area contributed by atoms with Crippen LogP contribution in [0.25, 0.3) is 10.9 Å². The summed E-state index contributed by atoms with van der Waals surface area (Å²) in [6.07, 6.45) is 9.68. The molecule has 0 atom stereocenters. The summed E-state index contributed by atoms with van der Waals surface area (Å²) in [7, 11) is 1.62.